The van der Waals surface area contributed by atoms with E-state index in [4.69, 9.17) is 18.9 Å². The molecule has 1 saturated heterocycles. The van der Waals surface area contributed by atoms with Crippen LogP contribution in [0.2, 0.25) is 0 Å². The van der Waals surface area contributed by atoms with E-state index in [9.17, 15) is 0 Å². The lowest BCUT2D eigenvalue weighted by molar-refractivity contribution is -0.0838. The van der Waals surface area contributed by atoms with Gasteiger partial charge in [-0.15, -0.1) is 0 Å². The fourth-order valence-corrected chi connectivity index (χ4v) is 3.32. The SMILES string of the molecule is c1ccc(COC[C@@H]2OC(c3ccccc3)O[C@H]2COCc2ccccc2)cc1. The molecule has 150 valence electrons. The summed E-state index contributed by atoms with van der Waals surface area (Å²) >= 11 is 0. The van der Waals surface area contributed by atoms with Crippen LogP contribution in [0.4, 0.5) is 0 Å². The van der Waals surface area contributed by atoms with Gasteiger partial charge in [0, 0.05) is 5.56 Å². The van der Waals surface area contributed by atoms with Gasteiger partial charge in [0.15, 0.2) is 6.29 Å². The van der Waals surface area contributed by atoms with E-state index in [0.717, 1.165) is 16.7 Å². The Morgan fingerprint density at radius 1 is 0.552 bits per heavy atom. The Kier molecular flexibility index (Phi) is 7.05. The third-order valence-electron chi connectivity index (χ3n) is 4.87. The van der Waals surface area contributed by atoms with Gasteiger partial charge >= 0.3 is 0 Å². The zero-order valence-electron chi connectivity index (χ0n) is 16.4. The van der Waals surface area contributed by atoms with Crippen LogP contribution in [-0.4, -0.2) is 25.4 Å². The highest BCUT2D eigenvalue weighted by Gasteiger charge is 2.37. The van der Waals surface area contributed by atoms with Gasteiger partial charge in [0.25, 0.3) is 0 Å². The Hall–Kier alpha value is -2.50. The molecule has 0 amide bonds. The van der Waals surface area contributed by atoms with Gasteiger partial charge in [-0.3, -0.25) is 0 Å². The smallest absolute Gasteiger partial charge is 0.184 e. The molecule has 0 saturated carbocycles. The van der Waals surface area contributed by atoms with Crippen LogP contribution in [0.5, 0.6) is 0 Å². The summed E-state index contributed by atoms with van der Waals surface area (Å²) in [6.07, 6.45) is -0.758. The van der Waals surface area contributed by atoms with Crippen molar-refractivity contribution in [3.05, 3.63) is 108 Å². The van der Waals surface area contributed by atoms with Crippen molar-refractivity contribution in [1.82, 2.24) is 0 Å². The largest absolute Gasteiger partial charge is 0.374 e. The van der Waals surface area contributed by atoms with E-state index in [1.165, 1.54) is 0 Å². The molecule has 3 aromatic rings. The molecule has 29 heavy (non-hydrogen) atoms. The minimum Gasteiger partial charge on any atom is -0.374 e. The van der Waals surface area contributed by atoms with E-state index in [-0.39, 0.29) is 12.2 Å². The number of rotatable bonds is 9. The number of hydrogen-bond donors (Lipinski definition) is 0. The highest BCUT2D eigenvalue weighted by Crippen LogP contribution is 2.31. The molecule has 0 N–H and O–H groups in total. The van der Waals surface area contributed by atoms with Crippen molar-refractivity contribution in [1.29, 1.82) is 0 Å². The van der Waals surface area contributed by atoms with Crippen LogP contribution in [0.1, 0.15) is 23.0 Å². The van der Waals surface area contributed by atoms with Crippen molar-refractivity contribution in [2.45, 2.75) is 31.7 Å². The first-order valence-corrected chi connectivity index (χ1v) is 9.98. The molecular formula is C25H26O4. The molecule has 4 rings (SSSR count). The molecule has 0 unspecified atom stereocenters. The summed E-state index contributed by atoms with van der Waals surface area (Å²) in [7, 11) is 0. The summed E-state index contributed by atoms with van der Waals surface area (Å²) in [5.41, 5.74) is 3.29. The maximum atomic E-state index is 6.17. The topological polar surface area (TPSA) is 36.9 Å². The molecule has 2 atom stereocenters. The lowest BCUT2D eigenvalue weighted by Gasteiger charge is -2.17. The molecule has 1 fully saturated rings. The quantitative estimate of drug-likeness (QED) is 0.521. The van der Waals surface area contributed by atoms with Gasteiger partial charge in [-0.1, -0.05) is 91.0 Å². The van der Waals surface area contributed by atoms with Crippen molar-refractivity contribution in [3.63, 3.8) is 0 Å². The van der Waals surface area contributed by atoms with E-state index < -0.39 is 6.29 Å². The molecule has 0 aliphatic carbocycles. The van der Waals surface area contributed by atoms with E-state index in [0.29, 0.717) is 26.4 Å². The minimum atomic E-state index is -0.396. The monoisotopic (exact) mass is 390 g/mol. The average Bonchev–Trinajstić information content (AvgIpc) is 3.19. The maximum absolute atomic E-state index is 6.17. The highest BCUT2D eigenvalue weighted by atomic mass is 16.7. The zero-order chi connectivity index (χ0) is 19.7. The molecule has 4 heteroatoms. The minimum absolute atomic E-state index is 0.181. The van der Waals surface area contributed by atoms with Gasteiger partial charge in [-0.2, -0.15) is 0 Å². The predicted molar refractivity (Wildman–Crippen MR) is 111 cm³/mol. The molecule has 0 radical (unpaired) electrons. The lowest BCUT2D eigenvalue weighted by atomic mass is 10.2. The fourth-order valence-electron chi connectivity index (χ4n) is 3.32. The van der Waals surface area contributed by atoms with Crippen LogP contribution in [-0.2, 0) is 32.2 Å². The molecule has 1 heterocycles. The highest BCUT2D eigenvalue weighted by molar-refractivity contribution is 5.17. The third-order valence-corrected chi connectivity index (χ3v) is 4.87. The first-order chi connectivity index (χ1) is 14.4. The second-order valence-electron chi connectivity index (χ2n) is 7.09. The summed E-state index contributed by atoms with van der Waals surface area (Å²) in [6.45, 7) is 2.01. The molecule has 1 aliphatic heterocycles. The van der Waals surface area contributed by atoms with Crippen molar-refractivity contribution in [2.24, 2.45) is 0 Å². The summed E-state index contributed by atoms with van der Waals surface area (Å²) < 4.78 is 24.2. The molecule has 0 spiro atoms. The van der Waals surface area contributed by atoms with E-state index >= 15 is 0 Å². The normalized spacial score (nSPS) is 19.4. The van der Waals surface area contributed by atoms with E-state index in [2.05, 4.69) is 24.3 Å². The average molecular weight is 390 g/mol. The molecule has 3 aromatic carbocycles. The summed E-state index contributed by atoms with van der Waals surface area (Å²) in [5, 5.41) is 0. The van der Waals surface area contributed by atoms with Crippen LogP contribution in [0.15, 0.2) is 91.0 Å². The predicted octanol–water partition coefficient (Wildman–Crippen LogP) is 4.90. The molecule has 0 bridgehead atoms. The fraction of sp³-hybridized carbons (Fsp3) is 0.280. The van der Waals surface area contributed by atoms with Gasteiger partial charge in [0.05, 0.1) is 26.4 Å². The first-order valence-electron chi connectivity index (χ1n) is 9.98. The van der Waals surface area contributed by atoms with Gasteiger partial charge in [0.2, 0.25) is 0 Å². The Morgan fingerprint density at radius 2 is 0.966 bits per heavy atom. The van der Waals surface area contributed by atoms with E-state index in [1.54, 1.807) is 0 Å². The third kappa shape index (κ3) is 5.75. The standard InChI is InChI=1S/C25H26O4/c1-4-10-20(11-5-1)16-26-18-23-24(19-27-17-21-12-6-2-7-13-21)29-25(28-23)22-14-8-3-9-15-22/h1-15,23-25H,16-19H2/t23-,24-/m0/s1. The molecule has 0 aromatic heterocycles. The number of hydrogen-bond acceptors (Lipinski definition) is 4. The molecular weight excluding hydrogens is 364 g/mol. The Labute approximate surface area is 172 Å². The second-order valence-corrected chi connectivity index (χ2v) is 7.09. The maximum Gasteiger partial charge on any atom is 0.184 e. The van der Waals surface area contributed by atoms with Crippen LogP contribution in [0.3, 0.4) is 0 Å². The lowest BCUT2D eigenvalue weighted by Crippen LogP contribution is -2.31. The Bertz CT molecular complexity index is 785. The summed E-state index contributed by atoms with van der Waals surface area (Å²) in [6, 6.07) is 30.3. The van der Waals surface area contributed by atoms with Crippen LogP contribution in [0, 0.1) is 0 Å². The van der Waals surface area contributed by atoms with Crippen LogP contribution in [0.25, 0.3) is 0 Å². The van der Waals surface area contributed by atoms with Gasteiger partial charge in [-0.25, -0.2) is 0 Å². The molecule has 4 nitrogen and oxygen atoms in total. The Morgan fingerprint density at radius 3 is 1.41 bits per heavy atom. The van der Waals surface area contributed by atoms with Crippen LogP contribution < -0.4 is 0 Å². The van der Waals surface area contributed by atoms with Gasteiger partial charge < -0.3 is 18.9 Å². The number of ether oxygens (including phenoxy) is 4. The Balaban J connectivity index is 1.34. The van der Waals surface area contributed by atoms with Crippen molar-refractivity contribution in [3.8, 4) is 0 Å². The first kappa shape index (κ1) is 19.8. The van der Waals surface area contributed by atoms with Gasteiger partial charge in [0.1, 0.15) is 12.2 Å². The van der Waals surface area contributed by atoms with Crippen molar-refractivity contribution in [2.75, 3.05) is 13.2 Å². The van der Waals surface area contributed by atoms with Crippen molar-refractivity contribution < 1.29 is 18.9 Å². The second kappa shape index (κ2) is 10.3. The van der Waals surface area contributed by atoms with Gasteiger partial charge in [-0.05, 0) is 11.1 Å². The number of benzene rings is 3. The zero-order valence-corrected chi connectivity index (χ0v) is 16.4. The van der Waals surface area contributed by atoms with Crippen molar-refractivity contribution >= 4 is 0 Å². The van der Waals surface area contributed by atoms with Crippen LogP contribution >= 0.6 is 0 Å². The summed E-state index contributed by atoms with van der Waals surface area (Å²) in [4.78, 5) is 0. The summed E-state index contributed by atoms with van der Waals surface area (Å²) in [5.74, 6) is 0. The molecule has 1 aliphatic rings. The van der Waals surface area contributed by atoms with E-state index in [1.807, 2.05) is 66.7 Å².